The molecule has 35 heavy (non-hydrogen) atoms. The second-order valence-electron chi connectivity index (χ2n) is 7.35. The van der Waals surface area contributed by atoms with Gasteiger partial charge in [0.2, 0.25) is 5.91 Å². The summed E-state index contributed by atoms with van der Waals surface area (Å²) in [5, 5.41) is 2.94. The summed E-state index contributed by atoms with van der Waals surface area (Å²) in [5.41, 5.74) is 1.92. The molecular formula is C25H21F3N3O3S+. The molecule has 0 fully saturated rings. The Hall–Kier alpha value is -3.92. The molecule has 10 heteroatoms. The van der Waals surface area contributed by atoms with Crippen LogP contribution in [0.5, 0.6) is 11.5 Å². The van der Waals surface area contributed by atoms with Gasteiger partial charge in [0.05, 0.1) is 25.7 Å². The molecule has 4 aromatic rings. The number of thioether (sulfide) groups is 1. The number of aromatic amines is 1. The molecule has 1 amide bonds. The number of benzene rings is 3. The van der Waals surface area contributed by atoms with E-state index in [2.05, 4.69) is 10.3 Å². The number of methoxy groups -OCH3 is 2. The lowest BCUT2D eigenvalue weighted by Crippen LogP contribution is -2.31. The van der Waals surface area contributed by atoms with E-state index in [1.165, 1.54) is 19.2 Å². The van der Waals surface area contributed by atoms with Crippen molar-refractivity contribution in [3.63, 3.8) is 0 Å². The zero-order valence-electron chi connectivity index (χ0n) is 18.8. The van der Waals surface area contributed by atoms with E-state index in [1.54, 1.807) is 42.1 Å². The Balaban J connectivity index is 1.62. The van der Waals surface area contributed by atoms with Gasteiger partial charge < -0.3 is 14.8 Å². The third-order valence-electron chi connectivity index (χ3n) is 5.06. The molecule has 0 aliphatic heterocycles. The van der Waals surface area contributed by atoms with Gasteiger partial charge in [0, 0.05) is 11.6 Å². The van der Waals surface area contributed by atoms with Gasteiger partial charge in [-0.2, -0.15) is 4.57 Å². The monoisotopic (exact) mass is 500 g/mol. The smallest absolute Gasteiger partial charge is 0.321 e. The predicted octanol–water partition coefficient (Wildman–Crippen LogP) is 5.12. The predicted molar refractivity (Wildman–Crippen MR) is 127 cm³/mol. The number of nitrogens with zero attached hydrogens (tertiary/aromatic N) is 1. The van der Waals surface area contributed by atoms with Gasteiger partial charge in [-0.3, -0.25) is 4.79 Å². The standard InChI is InChI=1S/C25H20F3N3O3S/c1-33-22-10-3-15(11-23(22)34-2)21-13-31(18-7-4-16(26)5-8-18)25(30-21)35-14-24(32)29-20-12-17(27)6-9-19(20)28/h3-13H,14H2,1-2H3,(H,29,32)/p+1. The maximum absolute atomic E-state index is 13.9. The number of hydrogen-bond donors (Lipinski definition) is 2. The number of imidazole rings is 1. The molecule has 2 N–H and O–H groups in total. The number of ether oxygens (including phenoxy) is 2. The average Bonchev–Trinajstić information content (AvgIpc) is 3.29. The molecule has 0 aliphatic carbocycles. The summed E-state index contributed by atoms with van der Waals surface area (Å²) in [6.07, 6.45) is 1.81. The molecule has 0 saturated heterocycles. The number of amides is 1. The Kier molecular flexibility index (Phi) is 7.31. The first-order valence-corrected chi connectivity index (χ1v) is 11.4. The second-order valence-corrected chi connectivity index (χ2v) is 8.31. The van der Waals surface area contributed by atoms with Crippen LogP contribution in [0.15, 0.2) is 72.0 Å². The van der Waals surface area contributed by atoms with E-state index in [4.69, 9.17) is 9.47 Å². The lowest BCUT2D eigenvalue weighted by atomic mass is 10.1. The molecule has 3 aromatic carbocycles. The quantitative estimate of drug-likeness (QED) is 0.260. The first kappa shape index (κ1) is 24.2. The Labute approximate surface area is 203 Å². The third kappa shape index (κ3) is 5.60. The van der Waals surface area contributed by atoms with Crippen LogP contribution >= 0.6 is 11.8 Å². The van der Waals surface area contributed by atoms with Crippen LogP contribution in [0.25, 0.3) is 16.9 Å². The van der Waals surface area contributed by atoms with Gasteiger partial charge in [-0.05, 0) is 66.4 Å². The molecule has 0 atom stereocenters. The van der Waals surface area contributed by atoms with E-state index in [-0.39, 0.29) is 17.3 Å². The maximum Gasteiger partial charge on any atom is 0.321 e. The molecule has 1 heterocycles. The number of H-pyrrole nitrogens is 1. The van der Waals surface area contributed by atoms with Gasteiger partial charge in [-0.15, -0.1) is 0 Å². The van der Waals surface area contributed by atoms with Crippen LogP contribution in [0.4, 0.5) is 18.9 Å². The highest BCUT2D eigenvalue weighted by atomic mass is 32.2. The molecule has 4 rings (SSSR count). The molecule has 0 radical (unpaired) electrons. The fourth-order valence-corrected chi connectivity index (χ4v) is 4.18. The molecule has 180 valence electrons. The van der Waals surface area contributed by atoms with Crippen molar-refractivity contribution in [2.24, 2.45) is 0 Å². The van der Waals surface area contributed by atoms with Crippen molar-refractivity contribution < 1.29 is 32.0 Å². The lowest BCUT2D eigenvalue weighted by molar-refractivity contribution is -0.635. The first-order chi connectivity index (χ1) is 16.9. The van der Waals surface area contributed by atoms with Crippen molar-refractivity contribution in [1.29, 1.82) is 0 Å². The van der Waals surface area contributed by atoms with Crippen LogP contribution in [0, 0.1) is 17.5 Å². The average molecular weight is 501 g/mol. The van der Waals surface area contributed by atoms with E-state index in [0.717, 1.165) is 35.5 Å². The summed E-state index contributed by atoms with van der Waals surface area (Å²) in [6, 6.07) is 14.1. The highest BCUT2D eigenvalue weighted by molar-refractivity contribution is 7.99. The first-order valence-electron chi connectivity index (χ1n) is 10.4. The Morgan fingerprint density at radius 3 is 2.37 bits per heavy atom. The Bertz CT molecular complexity index is 1360. The van der Waals surface area contributed by atoms with Crippen LogP contribution in [0.2, 0.25) is 0 Å². The van der Waals surface area contributed by atoms with Crippen molar-refractivity contribution in [2.45, 2.75) is 5.16 Å². The van der Waals surface area contributed by atoms with Gasteiger partial charge in [-0.25, -0.2) is 18.2 Å². The van der Waals surface area contributed by atoms with E-state index in [9.17, 15) is 18.0 Å². The van der Waals surface area contributed by atoms with Crippen molar-refractivity contribution in [3.8, 4) is 28.4 Å². The molecule has 1 aromatic heterocycles. The highest BCUT2D eigenvalue weighted by Crippen LogP contribution is 2.32. The van der Waals surface area contributed by atoms with Crippen LogP contribution in [-0.2, 0) is 4.79 Å². The molecule has 0 bridgehead atoms. The van der Waals surface area contributed by atoms with Crippen LogP contribution in [0.1, 0.15) is 0 Å². The normalized spacial score (nSPS) is 10.8. The van der Waals surface area contributed by atoms with Gasteiger partial charge in [0.15, 0.2) is 17.2 Å². The summed E-state index contributed by atoms with van der Waals surface area (Å²) in [4.78, 5) is 15.7. The summed E-state index contributed by atoms with van der Waals surface area (Å²) in [6.45, 7) is 0. The largest absolute Gasteiger partial charge is 0.493 e. The minimum atomic E-state index is -0.735. The van der Waals surface area contributed by atoms with E-state index in [1.807, 2.05) is 6.07 Å². The van der Waals surface area contributed by atoms with Gasteiger partial charge >= 0.3 is 5.16 Å². The van der Waals surface area contributed by atoms with Gasteiger partial charge in [-0.1, -0.05) is 0 Å². The molecule has 0 spiro atoms. The number of carbonyl (C=O) groups excluding carboxylic acids is 1. The Morgan fingerprint density at radius 1 is 0.943 bits per heavy atom. The van der Waals surface area contributed by atoms with E-state index >= 15 is 0 Å². The third-order valence-corrected chi connectivity index (χ3v) is 6.04. The summed E-state index contributed by atoms with van der Waals surface area (Å²) in [5.74, 6) is -1.27. The Morgan fingerprint density at radius 2 is 1.66 bits per heavy atom. The van der Waals surface area contributed by atoms with Crippen LogP contribution < -0.4 is 19.4 Å². The molecule has 0 saturated carbocycles. The zero-order chi connectivity index (χ0) is 24.9. The molecule has 6 nitrogen and oxygen atoms in total. The second kappa shape index (κ2) is 10.6. The minimum Gasteiger partial charge on any atom is -0.493 e. The van der Waals surface area contributed by atoms with Crippen molar-refractivity contribution in [1.82, 2.24) is 4.98 Å². The summed E-state index contributed by atoms with van der Waals surface area (Å²) < 4.78 is 53.2. The van der Waals surface area contributed by atoms with Crippen LogP contribution in [-0.4, -0.2) is 30.9 Å². The fraction of sp³-hybridized carbons (Fsp3) is 0.120. The number of anilines is 1. The zero-order valence-corrected chi connectivity index (χ0v) is 19.6. The molecule has 0 aliphatic rings. The summed E-state index contributed by atoms with van der Waals surface area (Å²) >= 11 is 1.15. The maximum atomic E-state index is 13.9. The van der Waals surface area contributed by atoms with Gasteiger partial charge in [0.1, 0.15) is 29.3 Å². The topological polar surface area (TPSA) is 67.2 Å². The number of hydrogen-bond acceptors (Lipinski definition) is 4. The number of aromatic nitrogens is 2. The van der Waals surface area contributed by atoms with Gasteiger partial charge in [0.25, 0.3) is 0 Å². The number of carbonyl (C=O) groups is 1. The van der Waals surface area contributed by atoms with E-state index < -0.39 is 17.5 Å². The van der Waals surface area contributed by atoms with Crippen molar-refractivity contribution in [2.75, 3.05) is 25.3 Å². The SMILES string of the molecule is COc1ccc(-c2c[n+](-c3ccc(F)cc3)c(SCC(=O)Nc3cc(F)ccc3F)[nH]2)cc1OC. The van der Waals surface area contributed by atoms with Crippen molar-refractivity contribution in [3.05, 3.63) is 84.3 Å². The molecular weight excluding hydrogens is 479 g/mol. The van der Waals surface area contributed by atoms with Crippen LogP contribution in [0.3, 0.4) is 0 Å². The lowest BCUT2D eigenvalue weighted by Gasteiger charge is -2.07. The minimum absolute atomic E-state index is 0.0942. The molecule has 0 unspecified atom stereocenters. The highest BCUT2D eigenvalue weighted by Gasteiger charge is 2.22. The summed E-state index contributed by atoms with van der Waals surface area (Å²) in [7, 11) is 3.08. The number of halogens is 3. The fourth-order valence-electron chi connectivity index (χ4n) is 3.36. The van der Waals surface area contributed by atoms with Crippen molar-refractivity contribution >= 4 is 23.4 Å². The number of nitrogens with one attached hydrogen (secondary N) is 2. The number of rotatable bonds is 8. The van der Waals surface area contributed by atoms with E-state index in [0.29, 0.717) is 28.0 Å².